The molecule has 0 saturated heterocycles. The predicted molar refractivity (Wildman–Crippen MR) is 100 cm³/mol. The van der Waals surface area contributed by atoms with Crippen molar-refractivity contribution < 1.29 is 4.42 Å². The Hall–Kier alpha value is -2.92. The maximum Gasteiger partial charge on any atom is 0.193 e. The van der Waals surface area contributed by atoms with Gasteiger partial charge in [0.15, 0.2) is 5.22 Å². The fourth-order valence-corrected chi connectivity index (χ4v) is 2.89. The Labute approximate surface area is 156 Å². The second-order valence-corrected chi connectivity index (χ2v) is 6.56. The molecular weight excluding hydrogens is 348 g/mol. The highest BCUT2D eigenvalue weighted by Gasteiger charge is 2.06. The molecule has 0 aliphatic rings. The number of aryl methyl sites for hydroxylation is 1. The van der Waals surface area contributed by atoms with Crippen LogP contribution in [0.3, 0.4) is 0 Å². The Morgan fingerprint density at radius 3 is 2.50 bits per heavy atom. The van der Waals surface area contributed by atoms with E-state index >= 15 is 0 Å². The second kappa shape index (κ2) is 7.14. The van der Waals surface area contributed by atoms with E-state index in [9.17, 15) is 0 Å². The molecule has 0 fully saturated rings. The fraction of sp³-hybridized carbons (Fsp3) is 0.150. The van der Waals surface area contributed by atoms with Gasteiger partial charge in [-0.2, -0.15) is 0 Å². The van der Waals surface area contributed by atoms with Gasteiger partial charge in [0.05, 0.1) is 12.7 Å². The number of hydrogen-bond donors (Lipinski definition) is 0. The topological polar surface area (TPSA) is 56.7 Å². The van der Waals surface area contributed by atoms with Gasteiger partial charge in [0.1, 0.15) is 11.5 Å². The summed E-state index contributed by atoms with van der Waals surface area (Å²) in [5.41, 5.74) is 5.10. The van der Waals surface area contributed by atoms with Crippen molar-refractivity contribution in [2.75, 3.05) is 0 Å². The second-order valence-electron chi connectivity index (χ2n) is 6.19. The molecule has 0 N–H and O–H groups in total. The van der Waals surface area contributed by atoms with Crippen LogP contribution in [0.4, 0.5) is 0 Å². The van der Waals surface area contributed by atoms with Gasteiger partial charge in [-0.15, -0.1) is 5.10 Å². The summed E-state index contributed by atoms with van der Waals surface area (Å²) in [6, 6.07) is 16.0. The van der Waals surface area contributed by atoms with Crippen LogP contribution >= 0.6 is 11.6 Å². The van der Waals surface area contributed by atoms with Crippen LogP contribution in [0.1, 0.15) is 22.6 Å². The van der Waals surface area contributed by atoms with Gasteiger partial charge in [0, 0.05) is 23.9 Å². The van der Waals surface area contributed by atoms with Crippen molar-refractivity contribution in [3.8, 4) is 11.3 Å². The van der Waals surface area contributed by atoms with E-state index in [2.05, 4.69) is 39.6 Å². The maximum atomic E-state index is 5.81. The van der Waals surface area contributed by atoms with Gasteiger partial charge in [-0.05, 0) is 53.9 Å². The van der Waals surface area contributed by atoms with Crippen LogP contribution in [-0.4, -0.2) is 20.0 Å². The van der Waals surface area contributed by atoms with Gasteiger partial charge < -0.3 is 4.42 Å². The van der Waals surface area contributed by atoms with Gasteiger partial charge in [0.2, 0.25) is 0 Å². The third kappa shape index (κ3) is 3.83. The van der Waals surface area contributed by atoms with E-state index in [0.717, 1.165) is 34.7 Å². The first-order chi connectivity index (χ1) is 12.7. The molecule has 0 radical (unpaired) electrons. The molecule has 0 unspecified atom stereocenters. The summed E-state index contributed by atoms with van der Waals surface area (Å²) >= 11 is 5.81. The molecule has 6 heteroatoms. The molecule has 3 heterocycles. The lowest BCUT2D eigenvalue weighted by Crippen LogP contribution is -2.00. The number of hydrogen-bond acceptors (Lipinski definition) is 4. The SMILES string of the molecule is Cc1ccc(-c2cn(Cc3ccc(Cc4ccc(Cl)o4)cc3)nn2)cn1. The van der Waals surface area contributed by atoms with Crippen molar-refractivity contribution in [3.05, 3.63) is 88.7 Å². The first-order valence-corrected chi connectivity index (χ1v) is 8.69. The van der Waals surface area contributed by atoms with Crippen LogP contribution in [0.25, 0.3) is 11.3 Å². The molecule has 0 saturated carbocycles. The van der Waals surface area contributed by atoms with Crippen LogP contribution in [0.2, 0.25) is 5.22 Å². The summed E-state index contributed by atoms with van der Waals surface area (Å²) < 4.78 is 7.23. The van der Waals surface area contributed by atoms with E-state index in [-0.39, 0.29) is 0 Å². The molecule has 4 aromatic rings. The number of pyridine rings is 1. The highest BCUT2D eigenvalue weighted by molar-refractivity contribution is 6.28. The molecule has 0 spiro atoms. The zero-order valence-corrected chi connectivity index (χ0v) is 15.0. The van der Waals surface area contributed by atoms with Crippen molar-refractivity contribution in [2.24, 2.45) is 0 Å². The van der Waals surface area contributed by atoms with E-state index < -0.39 is 0 Å². The number of benzene rings is 1. The van der Waals surface area contributed by atoms with Crippen LogP contribution in [-0.2, 0) is 13.0 Å². The summed E-state index contributed by atoms with van der Waals surface area (Å²) in [5.74, 6) is 0.857. The van der Waals surface area contributed by atoms with Crippen molar-refractivity contribution in [1.82, 2.24) is 20.0 Å². The monoisotopic (exact) mass is 364 g/mol. The summed E-state index contributed by atoms with van der Waals surface area (Å²) in [6.45, 7) is 2.63. The van der Waals surface area contributed by atoms with Crippen LogP contribution in [0.5, 0.6) is 0 Å². The lowest BCUT2D eigenvalue weighted by molar-refractivity contribution is 0.523. The third-order valence-corrected chi connectivity index (χ3v) is 4.32. The van der Waals surface area contributed by atoms with E-state index in [1.54, 1.807) is 6.07 Å². The molecule has 4 rings (SSSR count). The summed E-state index contributed by atoms with van der Waals surface area (Å²) in [5, 5.41) is 8.87. The van der Waals surface area contributed by atoms with E-state index in [1.165, 1.54) is 5.56 Å². The first-order valence-electron chi connectivity index (χ1n) is 8.31. The molecule has 0 atom stereocenters. The predicted octanol–water partition coefficient (Wildman–Crippen LogP) is 4.53. The number of rotatable bonds is 5. The normalized spacial score (nSPS) is 11.0. The minimum atomic E-state index is 0.419. The largest absolute Gasteiger partial charge is 0.449 e. The summed E-state index contributed by atoms with van der Waals surface area (Å²) in [6.07, 6.45) is 4.48. The van der Waals surface area contributed by atoms with Crippen molar-refractivity contribution in [3.63, 3.8) is 0 Å². The highest BCUT2D eigenvalue weighted by Crippen LogP contribution is 2.18. The lowest BCUT2D eigenvalue weighted by Gasteiger charge is -2.03. The standard InChI is InChI=1S/C20H17ClN4O/c1-14-2-7-17(11-22-14)19-13-25(24-23-19)12-16-5-3-15(4-6-16)10-18-8-9-20(21)26-18/h2-9,11,13H,10,12H2,1H3. The van der Waals surface area contributed by atoms with Crippen LogP contribution in [0.15, 0.2) is 65.3 Å². The first kappa shape index (κ1) is 16.5. The minimum absolute atomic E-state index is 0.419. The average Bonchev–Trinajstić information content (AvgIpc) is 3.26. The van der Waals surface area contributed by atoms with Gasteiger partial charge in [-0.1, -0.05) is 29.5 Å². The number of nitrogens with zero attached hydrogens (tertiary/aromatic N) is 4. The Morgan fingerprint density at radius 2 is 1.81 bits per heavy atom. The van der Waals surface area contributed by atoms with E-state index in [0.29, 0.717) is 11.8 Å². The number of aromatic nitrogens is 4. The molecule has 5 nitrogen and oxygen atoms in total. The fourth-order valence-electron chi connectivity index (χ4n) is 2.72. The van der Waals surface area contributed by atoms with Crippen molar-refractivity contribution in [1.29, 1.82) is 0 Å². The molecule has 0 amide bonds. The third-order valence-electron chi connectivity index (χ3n) is 4.12. The van der Waals surface area contributed by atoms with Gasteiger partial charge in [0.25, 0.3) is 0 Å². The molecule has 0 aliphatic carbocycles. The smallest absolute Gasteiger partial charge is 0.193 e. The Bertz CT molecular complexity index is 1000. The van der Waals surface area contributed by atoms with E-state index in [1.807, 2.05) is 42.2 Å². The maximum absolute atomic E-state index is 5.81. The quantitative estimate of drug-likeness (QED) is 0.522. The van der Waals surface area contributed by atoms with Crippen molar-refractivity contribution in [2.45, 2.75) is 19.9 Å². The Kier molecular flexibility index (Phi) is 4.54. The minimum Gasteiger partial charge on any atom is -0.449 e. The zero-order chi connectivity index (χ0) is 17.9. The number of furan rings is 1. The lowest BCUT2D eigenvalue weighted by atomic mass is 10.1. The molecule has 0 bridgehead atoms. The molecule has 0 aliphatic heterocycles. The average molecular weight is 365 g/mol. The summed E-state index contributed by atoms with van der Waals surface area (Å²) in [7, 11) is 0. The molecular formula is C20H17ClN4O. The van der Waals surface area contributed by atoms with Crippen molar-refractivity contribution >= 4 is 11.6 Å². The van der Waals surface area contributed by atoms with Gasteiger partial charge in [-0.3, -0.25) is 4.98 Å². The molecule has 26 heavy (non-hydrogen) atoms. The molecule has 130 valence electrons. The molecule has 3 aromatic heterocycles. The van der Waals surface area contributed by atoms with Crippen LogP contribution in [0, 0.1) is 6.92 Å². The van der Waals surface area contributed by atoms with Crippen LogP contribution < -0.4 is 0 Å². The summed E-state index contributed by atoms with van der Waals surface area (Å²) in [4.78, 5) is 4.30. The number of halogens is 1. The highest BCUT2D eigenvalue weighted by atomic mass is 35.5. The van der Waals surface area contributed by atoms with E-state index in [4.69, 9.17) is 16.0 Å². The Morgan fingerprint density at radius 1 is 1.00 bits per heavy atom. The zero-order valence-electron chi connectivity index (χ0n) is 14.3. The van der Waals surface area contributed by atoms with Gasteiger partial charge >= 0.3 is 0 Å². The van der Waals surface area contributed by atoms with Gasteiger partial charge in [-0.25, -0.2) is 4.68 Å². The Balaban J connectivity index is 1.43. The molecule has 1 aromatic carbocycles.